The van der Waals surface area contributed by atoms with E-state index in [4.69, 9.17) is 0 Å². The predicted octanol–water partition coefficient (Wildman–Crippen LogP) is 3.80. The zero-order chi connectivity index (χ0) is 20.5. The van der Waals surface area contributed by atoms with Crippen LogP contribution in [0.25, 0.3) is 10.6 Å². The van der Waals surface area contributed by atoms with E-state index in [2.05, 4.69) is 27.8 Å². The van der Waals surface area contributed by atoms with Crippen LogP contribution in [0, 0.1) is 0 Å². The van der Waals surface area contributed by atoms with Gasteiger partial charge in [-0.1, -0.05) is 30.3 Å². The monoisotopic (exact) mass is 438 g/mol. The Morgan fingerprint density at radius 3 is 2.70 bits per heavy atom. The number of amides is 2. The molecule has 0 unspecified atom stereocenters. The number of nitrogens with zero attached hydrogens (tertiary/aromatic N) is 2. The third-order valence-electron chi connectivity index (χ3n) is 5.56. The van der Waals surface area contributed by atoms with Crippen molar-refractivity contribution in [2.75, 3.05) is 25.0 Å². The number of anilines is 1. The highest BCUT2D eigenvalue weighted by atomic mass is 32.1. The van der Waals surface area contributed by atoms with Crippen molar-refractivity contribution in [2.24, 2.45) is 0 Å². The number of hydrogen-bond acceptors (Lipinski definition) is 6. The second-order valence-corrected chi connectivity index (χ2v) is 9.79. The van der Waals surface area contributed by atoms with E-state index >= 15 is 0 Å². The Hall–Kier alpha value is -2.55. The average Bonchev–Trinajstić information content (AvgIpc) is 3.49. The van der Waals surface area contributed by atoms with Crippen LogP contribution >= 0.6 is 22.7 Å². The van der Waals surface area contributed by atoms with E-state index in [0.29, 0.717) is 23.9 Å². The molecule has 0 saturated carbocycles. The van der Waals surface area contributed by atoms with Crippen LogP contribution in [-0.2, 0) is 4.79 Å². The van der Waals surface area contributed by atoms with Crippen LogP contribution in [0.1, 0.15) is 33.3 Å². The highest BCUT2D eigenvalue weighted by molar-refractivity contribution is 7.18. The maximum atomic E-state index is 12.8. The van der Waals surface area contributed by atoms with Gasteiger partial charge in [0, 0.05) is 35.6 Å². The summed E-state index contributed by atoms with van der Waals surface area (Å²) in [5, 5.41) is 7.86. The topological polar surface area (TPSA) is 74.3 Å². The third-order valence-corrected chi connectivity index (χ3v) is 7.75. The number of rotatable bonds is 5. The van der Waals surface area contributed by atoms with Gasteiger partial charge in [0.15, 0.2) is 0 Å². The lowest BCUT2D eigenvalue weighted by atomic mass is 9.99. The van der Waals surface area contributed by atoms with E-state index in [-0.39, 0.29) is 17.9 Å². The first kappa shape index (κ1) is 19.4. The van der Waals surface area contributed by atoms with E-state index in [0.717, 1.165) is 35.0 Å². The smallest absolute Gasteiger partial charge is 0.264 e. The Bertz CT molecular complexity index is 1050. The lowest BCUT2D eigenvalue weighted by molar-refractivity contribution is -0.117. The van der Waals surface area contributed by atoms with Crippen LogP contribution in [0.15, 0.2) is 48.7 Å². The van der Waals surface area contributed by atoms with E-state index in [1.807, 2.05) is 35.4 Å². The zero-order valence-electron chi connectivity index (χ0n) is 16.3. The Morgan fingerprint density at radius 1 is 1.10 bits per heavy atom. The van der Waals surface area contributed by atoms with Crippen molar-refractivity contribution in [3.63, 3.8) is 0 Å². The van der Waals surface area contributed by atoms with Gasteiger partial charge in [-0.15, -0.1) is 22.7 Å². The van der Waals surface area contributed by atoms with Crippen LogP contribution in [-0.4, -0.2) is 47.4 Å². The van der Waals surface area contributed by atoms with Crippen molar-refractivity contribution < 1.29 is 9.59 Å². The predicted molar refractivity (Wildman–Crippen MR) is 120 cm³/mol. The molecule has 0 aliphatic carbocycles. The van der Waals surface area contributed by atoms with Crippen molar-refractivity contribution in [1.29, 1.82) is 0 Å². The molecule has 3 aromatic rings. The minimum Gasteiger partial charge on any atom is -0.337 e. The molecular weight excluding hydrogens is 416 g/mol. The molecule has 0 radical (unpaired) electrons. The highest BCUT2D eigenvalue weighted by Gasteiger charge is 2.34. The fourth-order valence-electron chi connectivity index (χ4n) is 3.81. The highest BCUT2D eigenvalue weighted by Crippen LogP contribution is 2.36. The van der Waals surface area contributed by atoms with Gasteiger partial charge in [-0.2, -0.15) is 0 Å². The molecule has 8 heteroatoms. The summed E-state index contributed by atoms with van der Waals surface area (Å²) < 4.78 is 0. The van der Waals surface area contributed by atoms with E-state index in [9.17, 15) is 9.59 Å². The molecule has 2 saturated heterocycles. The van der Waals surface area contributed by atoms with Crippen molar-refractivity contribution in [2.45, 2.75) is 24.8 Å². The minimum absolute atomic E-state index is 0.0169. The number of hydrogen-bond donors (Lipinski definition) is 2. The van der Waals surface area contributed by atoms with Gasteiger partial charge in [0.1, 0.15) is 5.01 Å². The first-order valence-corrected chi connectivity index (χ1v) is 11.7. The number of carbonyl (C=O) groups excluding carboxylic acids is 2. The van der Waals surface area contributed by atoms with Gasteiger partial charge < -0.3 is 15.5 Å². The van der Waals surface area contributed by atoms with E-state index < -0.39 is 0 Å². The molecule has 0 spiro atoms. The SMILES string of the molecule is O=C(Nc1ccc(C(=O)N2CC(c3cnc(-c4ccccc4)s3)C2)s1)[C@@H]1CCCN1. The van der Waals surface area contributed by atoms with Crippen molar-refractivity contribution >= 4 is 39.5 Å². The summed E-state index contributed by atoms with van der Waals surface area (Å²) in [5.74, 6) is 0.358. The van der Waals surface area contributed by atoms with Crippen molar-refractivity contribution in [1.82, 2.24) is 15.2 Å². The number of aromatic nitrogens is 1. The summed E-state index contributed by atoms with van der Waals surface area (Å²) in [6.07, 6.45) is 3.83. The molecule has 5 rings (SSSR count). The molecule has 2 aliphatic heterocycles. The first-order chi connectivity index (χ1) is 14.7. The summed E-state index contributed by atoms with van der Waals surface area (Å²) in [7, 11) is 0. The average molecular weight is 439 g/mol. The molecule has 2 amide bonds. The minimum atomic E-state index is -0.123. The molecule has 0 bridgehead atoms. The quantitative estimate of drug-likeness (QED) is 0.635. The van der Waals surface area contributed by atoms with Crippen LogP contribution in [0.2, 0.25) is 0 Å². The maximum Gasteiger partial charge on any atom is 0.264 e. The number of thiophene rings is 1. The summed E-state index contributed by atoms with van der Waals surface area (Å²) >= 11 is 3.05. The molecule has 2 aromatic heterocycles. The van der Waals surface area contributed by atoms with Gasteiger partial charge >= 0.3 is 0 Å². The lowest BCUT2D eigenvalue weighted by Gasteiger charge is -2.38. The van der Waals surface area contributed by atoms with Crippen LogP contribution in [0.4, 0.5) is 5.00 Å². The van der Waals surface area contributed by atoms with Gasteiger partial charge in [-0.3, -0.25) is 9.59 Å². The van der Waals surface area contributed by atoms with Crippen LogP contribution in [0.5, 0.6) is 0 Å². The van der Waals surface area contributed by atoms with Gasteiger partial charge in [-0.05, 0) is 31.5 Å². The Morgan fingerprint density at radius 2 is 1.93 bits per heavy atom. The van der Waals surface area contributed by atoms with Crippen molar-refractivity contribution in [3.8, 4) is 10.6 Å². The largest absolute Gasteiger partial charge is 0.337 e. The summed E-state index contributed by atoms with van der Waals surface area (Å²) in [6, 6.07) is 13.7. The van der Waals surface area contributed by atoms with E-state index in [1.165, 1.54) is 16.2 Å². The second-order valence-electron chi connectivity index (χ2n) is 7.64. The van der Waals surface area contributed by atoms with Crippen molar-refractivity contribution in [3.05, 3.63) is 58.4 Å². The first-order valence-electron chi connectivity index (χ1n) is 10.1. The molecule has 2 fully saturated rings. The zero-order valence-corrected chi connectivity index (χ0v) is 18.0. The summed E-state index contributed by atoms with van der Waals surface area (Å²) in [6.45, 7) is 2.30. The lowest BCUT2D eigenvalue weighted by Crippen LogP contribution is -2.47. The molecule has 30 heavy (non-hydrogen) atoms. The number of carbonyl (C=O) groups is 2. The maximum absolute atomic E-state index is 12.8. The summed E-state index contributed by atoms with van der Waals surface area (Å²) in [4.78, 5) is 33.3. The Labute approximate surface area is 183 Å². The molecule has 154 valence electrons. The summed E-state index contributed by atoms with van der Waals surface area (Å²) in [5.41, 5.74) is 1.13. The van der Waals surface area contributed by atoms with Crippen LogP contribution < -0.4 is 10.6 Å². The van der Waals surface area contributed by atoms with Gasteiger partial charge in [0.05, 0.1) is 15.9 Å². The Balaban J connectivity index is 1.17. The molecular formula is C22H22N4O2S2. The Kier molecular flexibility index (Phi) is 5.37. The van der Waals surface area contributed by atoms with E-state index in [1.54, 1.807) is 17.4 Å². The number of nitrogens with one attached hydrogen (secondary N) is 2. The molecule has 1 atom stereocenters. The molecule has 2 N–H and O–H groups in total. The number of likely N-dealkylation sites (tertiary alicyclic amines) is 1. The van der Waals surface area contributed by atoms with Gasteiger partial charge in [0.25, 0.3) is 5.91 Å². The molecule has 4 heterocycles. The third kappa shape index (κ3) is 3.90. The van der Waals surface area contributed by atoms with Gasteiger partial charge in [0.2, 0.25) is 5.91 Å². The fourth-order valence-corrected chi connectivity index (χ4v) is 5.69. The van der Waals surface area contributed by atoms with Crippen LogP contribution in [0.3, 0.4) is 0 Å². The fraction of sp³-hybridized carbons (Fsp3) is 0.318. The van der Waals surface area contributed by atoms with Gasteiger partial charge in [-0.25, -0.2) is 4.98 Å². The standard InChI is InChI=1S/C22H22N4O2S2/c27-20(16-7-4-10-23-16)25-19-9-8-17(29-19)22(28)26-12-15(13-26)18-11-24-21(30-18)14-5-2-1-3-6-14/h1-3,5-6,8-9,11,15-16,23H,4,7,10,12-13H2,(H,25,27)/t16-/m0/s1. The second kappa shape index (κ2) is 8.29. The number of thiazole rings is 1. The molecule has 6 nitrogen and oxygen atoms in total. The normalized spacial score (nSPS) is 18.9. The molecule has 1 aromatic carbocycles. The number of benzene rings is 1. The molecule has 2 aliphatic rings.